The number of piperidine rings is 1. The van der Waals surface area contributed by atoms with Gasteiger partial charge in [0.2, 0.25) is 5.91 Å². The van der Waals surface area contributed by atoms with Crippen LogP contribution < -0.4 is 5.32 Å². The van der Waals surface area contributed by atoms with E-state index < -0.39 is 0 Å². The van der Waals surface area contributed by atoms with E-state index in [-0.39, 0.29) is 42.2 Å². The minimum absolute atomic E-state index is 0. The molecule has 3 heterocycles. The third-order valence-corrected chi connectivity index (χ3v) is 5.17. The summed E-state index contributed by atoms with van der Waals surface area (Å²) in [5.41, 5.74) is 1.16. The first-order valence-corrected chi connectivity index (χ1v) is 8.71. The third-order valence-electron chi connectivity index (χ3n) is 5.17. The monoisotopic (exact) mass is 388 g/mol. The van der Waals surface area contributed by atoms with E-state index in [1.807, 2.05) is 23.2 Å². The van der Waals surface area contributed by atoms with Crippen molar-refractivity contribution in [2.24, 2.45) is 5.41 Å². The van der Waals surface area contributed by atoms with Crippen LogP contribution in [0.15, 0.2) is 24.4 Å². The fraction of sp³-hybridized carbons (Fsp3) is 0.667. The average molecular weight is 389 g/mol. The van der Waals surface area contributed by atoms with Crippen LogP contribution in [0.2, 0.25) is 0 Å². The Morgan fingerprint density at radius 1 is 1.24 bits per heavy atom. The zero-order valence-corrected chi connectivity index (χ0v) is 16.7. The smallest absolute Gasteiger partial charge is 0.240 e. The van der Waals surface area contributed by atoms with Gasteiger partial charge in [-0.25, -0.2) is 0 Å². The van der Waals surface area contributed by atoms with E-state index in [4.69, 9.17) is 0 Å². The maximum Gasteiger partial charge on any atom is 0.240 e. The molecule has 1 amide bonds. The highest BCUT2D eigenvalue weighted by Crippen LogP contribution is 2.31. The summed E-state index contributed by atoms with van der Waals surface area (Å²) in [5.74, 6) is 0.284. The summed E-state index contributed by atoms with van der Waals surface area (Å²) in [6, 6.07) is 6.00. The fourth-order valence-electron chi connectivity index (χ4n) is 3.66. The van der Waals surface area contributed by atoms with Gasteiger partial charge < -0.3 is 10.2 Å². The van der Waals surface area contributed by atoms with Gasteiger partial charge in [0.1, 0.15) is 0 Å². The Balaban J connectivity index is 0.00000156. The number of carbonyl (C=O) groups excluding carboxylic acids is 1. The summed E-state index contributed by atoms with van der Waals surface area (Å²) in [5, 5.41) is 3.44. The first-order chi connectivity index (χ1) is 11.1. The first kappa shape index (κ1) is 22.2. The normalized spacial score (nSPS) is 23.3. The third kappa shape index (κ3) is 5.55. The van der Waals surface area contributed by atoms with Crippen LogP contribution in [-0.2, 0) is 11.3 Å². The topological polar surface area (TPSA) is 48.5 Å². The van der Waals surface area contributed by atoms with E-state index in [0.717, 1.165) is 57.8 Å². The molecule has 0 aromatic carbocycles. The van der Waals surface area contributed by atoms with Crippen molar-refractivity contribution in [3.8, 4) is 0 Å². The number of nitrogens with one attached hydrogen (secondary N) is 1. The number of amides is 1. The van der Waals surface area contributed by atoms with Gasteiger partial charge >= 0.3 is 0 Å². The average Bonchev–Trinajstić information content (AvgIpc) is 2.55. The highest BCUT2D eigenvalue weighted by atomic mass is 35.5. The molecule has 2 fully saturated rings. The first-order valence-electron chi connectivity index (χ1n) is 8.71. The van der Waals surface area contributed by atoms with Gasteiger partial charge in [-0.1, -0.05) is 19.9 Å². The minimum Gasteiger partial charge on any atom is -0.339 e. The Morgan fingerprint density at radius 3 is 2.56 bits per heavy atom. The summed E-state index contributed by atoms with van der Waals surface area (Å²) in [6.45, 7) is 9.73. The molecule has 25 heavy (non-hydrogen) atoms. The van der Waals surface area contributed by atoms with E-state index in [0.29, 0.717) is 0 Å². The van der Waals surface area contributed by atoms with Crippen molar-refractivity contribution in [3.05, 3.63) is 30.1 Å². The number of carbonyl (C=O) groups is 1. The Labute approximate surface area is 163 Å². The van der Waals surface area contributed by atoms with Crippen LogP contribution in [-0.4, -0.2) is 59.5 Å². The number of pyridine rings is 1. The number of nitrogens with zero attached hydrogens (tertiary/aromatic N) is 3. The molecule has 5 nitrogen and oxygen atoms in total. The van der Waals surface area contributed by atoms with Crippen molar-refractivity contribution in [2.75, 3.05) is 32.7 Å². The molecule has 0 bridgehead atoms. The predicted octanol–water partition coefficient (Wildman–Crippen LogP) is 2.35. The zero-order chi connectivity index (χ0) is 16.3. The second kappa shape index (κ2) is 9.72. The van der Waals surface area contributed by atoms with Crippen LogP contribution in [0.4, 0.5) is 0 Å². The van der Waals surface area contributed by atoms with Crippen LogP contribution in [0.1, 0.15) is 32.4 Å². The Morgan fingerprint density at radius 2 is 1.96 bits per heavy atom. The summed E-state index contributed by atoms with van der Waals surface area (Å²) in [6.07, 6.45) is 4.12. The molecule has 0 saturated carbocycles. The molecule has 1 atom stereocenters. The van der Waals surface area contributed by atoms with Crippen LogP contribution in [0.5, 0.6) is 0 Å². The van der Waals surface area contributed by atoms with E-state index in [1.165, 1.54) is 0 Å². The molecule has 1 N–H and O–H groups in total. The maximum atomic E-state index is 12.9. The number of rotatable bonds is 3. The lowest BCUT2D eigenvalue weighted by molar-refractivity contribution is -0.139. The Kier molecular flexibility index (Phi) is 8.61. The van der Waals surface area contributed by atoms with Gasteiger partial charge in [0.05, 0.1) is 11.7 Å². The molecule has 1 aromatic heterocycles. The van der Waals surface area contributed by atoms with Crippen molar-refractivity contribution in [2.45, 2.75) is 39.3 Å². The Bertz CT molecular complexity index is 533. The predicted molar refractivity (Wildman–Crippen MR) is 105 cm³/mol. The van der Waals surface area contributed by atoms with Crippen molar-refractivity contribution in [1.29, 1.82) is 0 Å². The molecule has 2 saturated heterocycles. The van der Waals surface area contributed by atoms with Gasteiger partial charge in [0.15, 0.2) is 0 Å². The molecular formula is C18H30Cl2N4O. The molecule has 2 aliphatic rings. The van der Waals surface area contributed by atoms with Crippen molar-refractivity contribution in [1.82, 2.24) is 20.1 Å². The molecular weight excluding hydrogens is 359 g/mol. The molecule has 1 unspecified atom stereocenters. The fourth-order valence-corrected chi connectivity index (χ4v) is 3.66. The summed E-state index contributed by atoms with van der Waals surface area (Å²) < 4.78 is 0. The SMILES string of the molecule is CC1(C)CCCNC1C(=O)N1CCN(Cc2ccccn2)CC1.Cl.Cl. The van der Waals surface area contributed by atoms with E-state index in [1.54, 1.807) is 0 Å². The summed E-state index contributed by atoms with van der Waals surface area (Å²) >= 11 is 0. The highest BCUT2D eigenvalue weighted by molar-refractivity contribution is 5.85. The molecule has 1 aromatic rings. The second-order valence-corrected chi connectivity index (χ2v) is 7.40. The number of hydrogen-bond donors (Lipinski definition) is 1. The maximum absolute atomic E-state index is 12.9. The van der Waals surface area contributed by atoms with Gasteiger partial charge in [0.25, 0.3) is 0 Å². The van der Waals surface area contributed by atoms with Gasteiger partial charge in [-0.15, -0.1) is 24.8 Å². The molecule has 7 heteroatoms. The van der Waals surface area contributed by atoms with Crippen molar-refractivity contribution >= 4 is 30.7 Å². The number of hydrogen-bond acceptors (Lipinski definition) is 4. The largest absolute Gasteiger partial charge is 0.339 e. The van der Waals surface area contributed by atoms with E-state index in [2.05, 4.69) is 35.1 Å². The number of halogens is 2. The Hall–Kier alpha value is -0.880. The summed E-state index contributed by atoms with van der Waals surface area (Å²) in [4.78, 5) is 21.7. The lowest BCUT2D eigenvalue weighted by atomic mass is 9.77. The minimum atomic E-state index is -0.0291. The van der Waals surface area contributed by atoms with Crippen LogP contribution in [0.3, 0.4) is 0 Å². The van der Waals surface area contributed by atoms with Crippen LogP contribution in [0, 0.1) is 5.41 Å². The van der Waals surface area contributed by atoms with Crippen LogP contribution >= 0.6 is 24.8 Å². The standard InChI is InChI=1S/C18H28N4O.2ClH/c1-18(2)7-5-9-20-16(18)17(23)22-12-10-21(11-13-22)14-15-6-3-4-8-19-15;;/h3-4,6,8,16,20H,5,7,9-14H2,1-2H3;2*1H. The zero-order valence-electron chi connectivity index (χ0n) is 15.1. The van der Waals surface area contributed by atoms with E-state index >= 15 is 0 Å². The number of piperazine rings is 1. The molecule has 0 spiro atoms. The highest BCUT2D eigenvalue weighted by Gasteiger charge is 2.39. The molecule has 3 rings (SSSR count). The lowest BCUT2D eigenvalue weighted by Gasteiger charge is -2.43. The molecule has 2 aliphatic heterocycles. The van der Waals surface area contributed by atoms with Gasteiger partial charge in [0, 0.05) is 38.9 Å². The van der Waals surface area contributed by atoms with Gasteiger partial charge in [-0.05, 0) is 36.9 Å². The molecule has 0 radical (unpaired) electrons. The van der Waals surface area contributed by atoms with E-state index in [9.17, 15) is 4.79 Å². The lowest BCUT2D eigenvalue weighted by Crippen LogP contribution is -2.59. The van der Waals surface area contributed by atoms with Crippen LogP contribution in [0.25, 0.3) is 0 Å². The van der Waals surface area contributed by atoms with Gasteiger partial charge in [-0.3, -0.25) is 14.7 Å². The van der Waals surface area contributed by atoms with Crippen molar-refractivity contribution < 1.29 is 4.79 Å². The quantitative estimate of drug-likeness (QED) is 0.862. The number of aromatic nitrogens is 1. The molecule has 0 aliphatic carbocycles. The van der Waals surface area contributed by atoms with Crippen molar-refractivity contribution in [3.63, 3.8) is 0 Å². The molecule has 142 valence electrons. The second-order valence-electron chi connectivity index (χ2n) is 7.40. The summed E-state index contributed by atoms with van der Waals surface area (Å²) in [7, 11) is 0. The van der Waals surface area contributed by atoms with Gasteiger partial charge in [-0.2, -0.15) is 0 Å².